The number of hydrogen-bond acceptors (Lipinski definition) is 6. The summed E-state index contributed by atoms with van der Waals surface area (Å²) in [4.78, 5) is 16.6. The molecule has 4 N–H and O–H groups in total. The lowest BCUT2D eigenvalue weighted by atomic mass is 10.2. The van der Waals surface area contributed by atoms with Crippen LogP contribution in [0.3, 0.4) is 0 Å². The molecule has 0 unspecified atom stereocenters. The molecule has 1 aliphatic rings. The van der Waals surface area contributed by atoms with Crippen molar-refractivity contribution in [3.8, 4) is 6.07 Å². The minimum Gasteiger partial charge on any atom is -0.360 e. The minimum atomic E-state index is -0.241. The van der Waals surface area contributed by atoms with Gasteiger partial charge >= 0.3 is 0 Å². The van der Waals surface area contributed by atoms with Gasteiger partial charge in [0.15, 0.2) is 0 Å². The molecule has 2 aromatic carbocycles. The van der Waals surface area contributed by atoms with Crippen LogP contribution in [0, 0.1) is 11.3 Å². The van der Waals surface area contributed by atoms with E-state index in [0.29, 0.717) is 19.6 Å². The second-order valence-electron chi connectivity index (χ2n) is 6.81. The molecule has 0 bridgehead atoms. The number of nitrogens with one attached hydrogen (secondary N) is 2. The highest BCUT2D eigenvalue weighted by Crippen LogP contribution is 2.19. The number of nitrogens with two attached hydrogens (primary N) is 1. The number of hydrogen-bond donors (Lipinski definition) is 3. The summed E-state index contributed by atoms with van der Waals surface area (Å²) >= 11 is 0. The van der Waals surface area contributed by atoms with Gasteiger partial charge in [-0.05, 0) is 36.4 Å². The van der Waals surface area contributed by atoms with Crippen LogP contribution in [0.25, 0.3) is 0 Å². The Kier molecular flexibility index (Phi) is 7.22. The van der Waals surface area contributed by atoms with Gasteiger partial charge in [-0.15, -0.1) is 0 Å². The van der Waals surface area contributed by atoms with Crippen molar-refractivity contribution < 1.29 is 4.79 Å². The molecule has 7 nitrogen and oxygen atoms in total. The number of benzene rings is 2. The van der Waals surface area contributed by atoms with E-state index in [2.05, 4.69) is 15.5 Å². The molecule has 1 amide bonds. The fourth-order valence-electron chi connectivity index (χ4n) is 3.16. The molecule has 0 saturated carbocycles. The summed E-state index contributed by atoms with van der Waals surface area (Å²) in [5.74, 6) is -0.241. The number of piperazine rings is 1. The first-order chi connectivity index (χ1) is 14.2. The summed E-state index contributed by atoms with van der Waals surface area (Å²) in [6.07, 6.45) is 1.48. The highest BCUT2D eigenvalue weighted by molar-refractivity contribution is 5.97. The van der Waals surface area contributed by atoms with Gasteiger partial charge in [-0.25, -0.2) is 0 Å². The molecular formula is C22H26N6O. The Morgan fingerprint density at radius 2 is 1.62 bits per heavy atom. The minimum absolute atomic E-state index is 0.101. The molecule has 0 atom stereocenters. The Hall–Kier alpha value is -3.34. The number of carbonyl (C=O) groups is 1. The van der Waals surface area contributed by atoms with E-state index in [1.165, 1.54) is 6.20 Å². The second-order valence-corrected chi connectivity index (χ2v) is 6.81. The molecule has 0 aromatic heterocycles. The highest BCUT2D eigenvalue weighted by Gasteiger charge is 2.23. The lowest BCUT2D eigenvalue weighted by molar-refractivity contribution is -0.128. The molecule has 0 aliphatic carbocycles. The summed E-state index contributed by atoms with van der Waals surface area (Å²) < 4.78 is 0. The number of amides is 1. The maximum absolute atomic E-state index is 12.6. The van der Waals surface area contributed by atoms with Crippen LogP contribution in [-0.2, 0) is 4.79 Å². The van der Waals surface area contributed by atoms with Crippen molar-refractivity contribution in [2.24, 2.45) is 5.73 Å². The van der Waals surface area contributed by atoms with Crippen LogP contribution < -0.4 is 16.4 Å². The summed E-state index contributed by atoms with van der Waals surface area (Å²) in [6, 6.07) is 19.6. The molecule has 29 heavy (non-hydrogen) atoms. The molecule has 1 fully saturated rings. The molecule has 1 heterocycles. The van der Waals surface area contributed by atoms with Crippen LogP contribution in [-0.4, -0.2) is 55.0 Å². The van der Waals surface area contributed by atoms with Gasteiger partial charge in [0.2, 0.25) is 0 Å². The Labute approximate surface area is 171 Å². The third-order valence-electron chi connectivity index (χ3n) is 4.79. The maximum atomic E-state index is 12.6. The standard InChI is InChI=1S/C22H26N6O/c23-10-11-27-12-14-28(15-13-27)22(29)18(16-24)17-25-19-6-8-21(9-7-19)26-20-4-2-1-3-5-20/h1-9,17,25-26H,10-15,23H2/b18-17-. The average Bonchev–Trinajstić information content (AvgIpc) is 2.76. The van der Waals surface area contributed by atoms with Gasteiger partial charge in [0, 0.05) is 62.5 Å². The highest BCUT2D eigenvalue weighted by atomic mass is 16.2. The number of nitrogens with zero attached hydrogens (tertiary/aromatic N) is 3. The lowest BCUT2D eigenvalue weighted by Gasteiger charge is -2.34. The number of anilines is 3. The van der Waals surface area contributed by atoms with E-state index in [-0.39, 0.29) is 11.5 Å². The average molecular weight is 390 g/mol. The maximum Gasteiger partial charge on any atom is 0.266 e. The molecule has 2 aromatic rings. The van der Waals surface area contributed by atoms with Crippen molar-refractivity contribution in [3.63, 3.8) is 0 Å². The molecule has 3 rings (SSSR count). The third kappa shape index (κ3) is 5.82. The van der Waals surface area contributed by atoms with E-state index in [1.807, 2.05) is 60.7 Å². The fourth-order valence-corrected chi connectivity index (χ4v) is 3.16. The molecular weight excluding hydrogens is 364 g/mol. The van der Waals surface area contributed by atoms with Gasteiger partial charge in [0.05, 0.1) is 0 Å². The van der Waals surface area contributed by atoms with Gasteiger partial charge in [-0.2, -0.15) is 5.26 Å². The van der Waals surface area contributed by atoms with Crippen LogP contribution in [0.5, 0.6) is 0 Å². The van der Waals surface area contributed by atoms with Gasteiger partial charge in [0.1, 0.15) is 11.6 Å². The third-order valence-corrected chi connectivity index (χ3v) is 4.79. The molecule has 0 spiro atoms. The van der Waals surface area contributed by atoms with E-state index in [4.69, 9.17) is 5.73 Å². The molecule has 7 heteroatoms. The quantitative estimate of drug-likeness (QED) is 0.496. The first kappa shape index (κ1) is 20.4. The van der Waals surface area contributed by atoms with Crippen LogP contribution in [0.15, 0.2) is 66.4 Å². The van der Waals surface area contributed by atoms with Crippen molar-refractivity contribution in [1.82, 2.24) is 9.80 Å². The predicted octanol–water partition coefficient (Wildman–Crippen LogP) is 2.35. The van der Waals surface area contributed by atoms with E-state index < -0.39 is 0 Å². The van der Waals surface area contributed by atoms with Crippen molar-refractivity contribution in [2.75, 3.05) is 49.9 Å². The van der Waals surface area contributed by atoms with Crippen molar-refractivity contribution in [2.45, 2.75) is 0 Å². The zero-order valence-corrected chi connectivity index (χ0v) is 16.3. The van der Waals surface area contributed by atoms with Gasteiger partial charge in [-0.1, -0.05) is 18.2 Å². The molecule has 1 aliphatic heterocycles. The molecule has 0 radical (unpaired) electrons. The fraction of sp³-hybridized carbons (Fsp3) is 0.273. The number of para-hydroxylation sites is 1. The van der Waals surface area contributed by atoms with Crippen LogP contribution in [0.2, 0.25) is 0 Å². The topological polar surface area (TPSA) is 97.4 Å². The summed E-state index contributed by atoms with van der Waals surface area (Å²) in [7, 11) is 0. The second kappa shape index (κ2) is 10.3. The molecule has 1 saturated heterocycles. The number of nitriles is 1. The Balaban J connectivity index is 1.56. The van der Waals surface area contributed by atoms with Crippen molar-refractivity contribution in [1.29, 1.82) is 5.26 Å². The van der Waals surface area contributed by atoms with Gasteiger partial charge in [0.25, 0.3) is 5.91 Å². The molecule has 150 valence electrons. The van der Waals surface area contributed by atoms with Gasteiger partial charge < -0.3 is 21.3 Å². The van der Waals surface area contributed by atoms with Crippen LogP contribution >= 0.6 is 0 Å². The van der Waals surface area contributed by atoms with E-state index in [0.717, 1.165) is 36.7 Å². The van der Waals surface area contributed by atoms with Crippen molar-refractivity contribution in [3.05, 3.63) is 66.4 Å². The van der Waals surface area contributed by atoms with E-state index >= 15 is 0 Å². The zero-order chi connectivity index (χ0) is 20.5. The number of carbonyl (C=O) groups excluding carboxylic acids is 1. The van der Waals surface area contributed by atoms with Crippen molar-refractivity contribution >= 4 is 23.0 Å². The first-order valence-corrected chi connectivity index (χ1v) is 9.70. The Morgan fingerprint density at radius 3 is 2.24 bits per heavy atom. The van der Waals surface area contributed by atoms with Gasteiger partial charge in [-0.3, -0.25) is 9.69 Å². The summed E-state index contributed by atoms with van der Waals surface area (Å²) in [5.41, 5.74) is 8.45. The van der Waals surface area contributed by atoms with Crippen LogP contribution in [0.1, 0.15) is 0 Å². The van der Waals surface area contributed by atoms with Crippen LogP contribution in [0.4, 0.5) is 17.1 Å². The Morgan fingerprint density at radius 1 is 1.00 bits per heavy atom. The lowest BCUT2D eigenvalue weighted by Crippen LogP contribution is -2.50. The predicted molar refractivity (Wildman–Crippen MR) is 116 cm³/mol. The largest absolute Gasteiger partial charge is 0.360 e. The monoisotopic (exact) mass is 390 g/mol. The smallest absolute Gasteiger partial charge is 0.266 e. The van der Waals surface area contributed by atoms with E-state index in [1.54, 1.807) is 4.90 Å². The SMILES string of the molecule is N#C/C(=C/Nc1ccc(Nc2ccccc2)cc1)C(=O)N1CCN(CCN)CC1. The summed E-state index contributed by atoms with van der Waals surface area (Å²) in [6.45, 7) is 4.23. The summed E-state index contributed by atoms with van der Waals surface area (Å²) in [5, 5.41) is 15.8. The first-order valence-electron chi connectivity index (χ1n) is 9.70. The number of rotatable bonds is 7. The Bertz CT molecular complexity index is 864. The van der Waals surface area contributed by atoms with E-state index in [9.17, 15) is 10.1 Å². The normalized spacial score (nSPS) is 14.9. The zero-order valence-electron chi connectivity index (χ0n) is 16.3.